The van der Waals surface area contributed by atoms with Gasteiger partial charge in [-0.05, 0) is 46.2 Å². The van der Waals surface area contributed by atoms with Crippen LogP contribution >= 0.6 is 0 Å². The number of phenols is 1. The molecule has 2 N–H and O–H groups in total. The Morgan fingerprint density at radius 2 is 1.77 bits per heavy atom. The van der Waals surface area contributed by atoms with E-state index in [1.165, 1.54) is 0 Å². The zero-order chi connectivity index (χ0) is 21.1. The molecule has 1 fully saturated rings. The van der Waals surface area contributed by atoms with Crippen LogP contribution in [0.4, 0.5) is 0 Å². The molecule has 1 atom stereocenters. The normalized spacial score (nSPS) is 17.6. The second-order valence-corrected chi connectivity index (χ2v) is 9.96. The minimum atomic E-state index is -2.93. The zero-order valence-electron chi connectivity index (χ0n) is 16.6. The molecule has 4 rings (SSSR count). The van der Waals surface area contributed by atoms with E-state index in [1.54, 1.807) is 18.2 Å². The Bertz CT molecular complexity index is 1130. The summed E-state index contributed by atoms with van der Waals surface area (Å²) >= 11 is 0. The van der Waals surface area contributed by atoms with E-state index in [4.69, 9.17) is 4.74 Å². The van der Waals surface area contributed by atoms with Gasteiger partial charge in [0.05, 0.1) is 11.5 Å². The zero-order valence-corrected chi connectivity index (χ0v) is 17.4. The van der Waals surface area contributed by atoms with Crippen molar-refractivity contribution in [1.82, 2.24) is 4.90 Å². The van der Waals surface area contributed by atoms with Gasteiger partial charge in [0.2, 0.25) is 0 Å². The predicted octanol–water partition coefficient (Wildman–Crippen LogP) is 2.68. The number of phenolic OH excluding ortho intramolecular Hbond substituents is 1. The minimum Gasteiger partial charge on any atom is -0.508 e. The number of nitrogens with zero attached hydrogens (tertiary/aromatic N) is 1. The Balaban J connectivity index is 1.49. The van der Waals surface area contributed by atoms with Crippen molar-refractivity contribution in [2.24, 2.45) is 0 Å². The van der Waals surface area contributed by atoms with Gasteiger partial charge in [-0.3, -0.25) is 4.90 Å². The Kier molecular flexibility index (Phi) is 5.94. The average molecular weight is 428 g/mol. The Morgan fingerprint density at radius 1 is 1.00 bits per heavy atom. The number of aliphatic hydroxyl groups is 1. The van der Waals surface area contributed by atoms with Gasteiger partial charge in [0.15, 0.2) is 9.84 Å². The molecule has 158 valence electrons. The third kappa shape index (κ3) is 4.92. The van der Waals surface area contributed by atoms with Crippen LogP contribution in [0.15, 0.2) is 60.7 Å². The lowest BCUT2D eigenvalue weighted by Gasteiger charge is -2.28. The fourth-order valence-corrected chi connectivity index (χ4v) is 5.03. The first-order valence-electron chi connectivity index (χ1n) is 9.95. The number of fused-ring (bicyclic) bond motifs is 1. The summed E-state index contributed by atoms with van der Waals surface area (Å²) in [6.45, 7) is 1.37. The molecule has 30 heavy (non-hydrogen) atoms. The largest absolute Gasteiger partial charge is 0.508 e. The Hall–Kier alpha value is -2.61. The van der Waals surface area contributed by atoms with Crippen molar-refractivity contribution in [3.8, 4) is 22.6 Å². The summed E-state index contributed by atoms with van der Waals surface area (Å²) in [6, 6.07) is 18.9. The van der Waals surface area contributed by atoms with E-state index in [1.807, 2.05) is 47.4 Å². The molecule has 6 nitrogen and oxygen atoms in total. The average Bonchev–Trinajstić information content (AvgIpc) is 2.73. The molecule has 1 saturated heterocycles. The van der Waals surface area contributed by atoms with Crippen molar-refractivity contribution in [1.29, 1.82) is 0 Å². The van der Waals surface area contributed by atoms with Crippen LogP contribution in [0.5, 0.6) is 11.5 Å². The van der Waals surface area contributed by atoms with Crippen LogP contribution in [0.1, 0.15) is 0 Å². The Labute approximate surface area is 176 Å². The number of hydrogen-bond donors (Lipinski definition) is 2. The maximum Gasteiger partial charge on any atom is 0.152 e. The highest BCUT2D eigenvalue weighted by molar-refractivity contribution is 7.91. The first-order valence-corrected chi connectivity index (χ1v) is 11.8. The van der Waals surface area contributed by atoms with E-state index in [9.17, 15) is 18.6 Å². The molecular weight excluding hydrogens is 402 g/mol. The molecule has 3 aromatic carbocycles. The summed E-state index contributed by atoms with van der Waals surface area (Å²) in [5.41, 5.74) is 1.82. The standard InChI is InChI=1S/C23H25NO5S/c25-19-6-3-5-17(12-19)23-14-21(13-18-4-1-2-7-22(18)23)29-16-20(26)15-24-8-10-30(27,28)11-9-24/h1-7,12-14,20,25-26H,8-11,15-16H2. The molecule has 1 aliphatic heterocycles. The summed E-state index contributed by atoms with van der Waals surface area (Å²) in [5, 5.41) is 22.3. The second kappa shape index (κ2) is 8.63. The van der Waals surface area contributed by atoms with Gasteiger partial charge in [-0.1, -0.05) is 36.4 Å². The van der Waals surface area contributed by atoms with Crippen LogP contribution < -0.4 is 4.74 Å². The molecule has 1 unspecified atom stereocenters. The fourth-order valence-electron chi connectivity index (χ4n) is 3.75. The predicted molar refractivity (Wildman–Crippen MR) is 118 cm³/mol. The van der Waals surface area contributed by atoms with Gasteiger partial charge in [0.25, 0.3) is 0 Å². The first kappa shape index (κ1) is 20.7. The van der Waals surface area contributed by atoms with E-state index in [0.29, 0.717) is 25.4 Å². The van der Waals surface area contributed by atoms with E-state index < -0.39 is 15.9 Å². The molecule has 0 radical (unpaired) electrons. The monoisotopic (exact) mass is 427 g/mol. The van der Waals surface area contributed by atoms with Crippen molar-refractivity contribution >= 4 is 20.6 Å². The summed E-state index contributed by atoms with van der Waals surface area (Å²) in [5.74, 6) is 1.10. The summed E-state index contributed by atoms with van der Waals surface area (Å²) in [4.78, 5) is 1.95. The molecule has 0 amide bonds. The van der Waals surface area contributed by atoms with Crippen LogP contribution in [0.3, 0.4) is 0 Å². The van der Waals surface area contributed by atoms with Gasteiger partial charge in [-0.15, -0.1) is 0 Å². The van der Waals surface area contributed by atoms with Crippen LogP contribution in [-0.4, -0.2) is 67.4 Å². The lowest BCUT2D eigenvalue weighted by molar-refractivity contribution is 0.0711. The minimum absolute atomic E-state index is 0.112. The van der Waals surface area contributed by atoms with E-state index in [-0.39, 0.29) is 23.9 Å². The molecular formula is C23H25NO5S. The third-order valence-corrected chi connectivity index (χ3v) is 6.95. The van der Waals surface area contributed by atoms with Gasteiger partial charge in [0, 0.05) is 19.6 Å². The fraction of sp³-hybridized carbons (Fsp3) is 0.304. The molecule has 1 heterocycles. The van der Waals surface area contributed by atoms with Crippen LogP contribution in [0.25, 0.3) is 21.9 Å². The Morgan fingerprint density at radius 3 is 2.53 bits per heavy atom. The maximum atomic E-state index is 11.5. The molecule has 0 saturated carbocycles. The number of ether oxygens (including phenoxy) is 1. The molecule has 3 aromatic rings. The number of sulfone groups is 1. The number of aliphatic hydroxyl groups excluding tert-OH is 1. The van der Waals surface area contributed by atoms with E-state index in [2.05, 4.69) is 0 Å². The number of aromatic hydroxyl groups is 1. The highest BCUT2D eigenvalue weighted by atomic mass is 32.2. The molecule has 0 aliphatic carbocycles. The lowest BCUT2D eigenvalue weighted by atomic mass is 9.97. The van der Waals surface area contributed by atoms with E-state index in [0.717, 1.165) is 21.9 Å². The van der Waals surface area contributed by atoms with Crippen LogP contribution in [-0.2, 0) is 9.84 Å². The molecule has 0 bridgehead atoms. The summed E-state index contributed by atoms with van der Waals surface area (Å²) in [7, 11) is -2.93. The molecule has 0 spiro atoms. The SMILES string of the molecule is O=S1(=O)CCN(CC(O)COc2cc(-c3cccc(O)c3)c3ccccc3c2)CC1. The number of hydrogen-bond acceptors (Lipinski definition) is 6. The lowest BCUT2D eigenvalue weighted by Crippen LogP contribution is -2.44. The van der Waals surface area contributed by atoms with E-state index >= 15 is 0 Å². The summed E-state index contributed by atoms with van der Waals surface area (Å²) < 4.78 is 29.0. The topological polar surface area (TPSA) is 87.1 Å². The van der Waals surface area contributed by atoms with Crippen molar-refractivity contribution in [3.05, 3.63) is 60.7 Å². The summed E-state index contributed by atoms with van der Waals surface area (Å²) in [6.07, 6.45) is -0.721. The molecule has 0 aromatic heterocycles. The highest BCUT2D eigenvalue weighted by Gasteiger charge is 2.23. The molecule has 1 aliphatic rings. The van der Waals surface area contributed by atoms with Gasteiger partial charge >= 0.3 is 0 Å². The van der Waals surface area contributed by atoms with Crippen molar-refractivity contribution in [2.75, 3.05) is 37.7 Å². The molecule has 7 heteroatoms. The number of β-amino-alcohol motifs (C(OH)–C–C–N with tert-alkyl or cyclic N) is 1. The highest BCUT2D eigenvalue weighted by Crippen LogP contribution is 2.34. The maximum absolute atomic E-state index is 11.5. The van der Waals surface area contributed by atoms with Crippen molar-refractivity contribution < 1.29 is 23.4 Å². The van der Waals surface area contributed by atoms with Gasteiger partial charge in [-0.25, -0.2) is 8.42 Å². The van der Waals surface area contributed by atoms with Gasteiger partial charge in [-0.2, -0.15) is 0 Å². The van der Waals surface area contributed by atoms with Gasteiger partial charge < -0.3 is 14.9 Å². The smallest absolute Gasteiger partial charge is 0.152 e. The van der Waals surface area contributed by atoms with Crippen LogP contribution in [0, 0.1) is 0 Å². The second-order valence-electron chi connectivity index (χ2n) is 7.66. The first-order chi connectivity index (χ1) is 14.4. The third-order valence-electron chi connectivity index (χ3n) is 5.34. The van der Waals surface area contributed by atoms with Gasteiger partial charge in [0.1, 0.15) is 24.2 Å². The van der Waals surface area contributed by atoms with Crippen molar-refractivity contribution in [2.45, 2.75) is 6.10 Å². The van der Waals surface area contributed by atoms with Crippen LogP contribution in [0.2, 0.25) is 0 Å². The van der Waals surface area contributed by atoms with Crippen molar-refractivity contribution in [3.63, 3.8) is 0 Å². The number of rotatable bonds is 6. The number of benzene rings is 3. The quantitative estimate of drug-likeness (QED) is 0.629.